The lowest BCUT2D eigenvalue weighted by atomic mass is 10.2. The van der Waals surface area contributed by atoms with Gasteiger partial charge in [0.2, 0.25) is 35.3 Å². The second-order valence-electron chi connectivity index (χ2n) is 9.50. The van der Waals surface area contributed by atoms with Gasteiger partial charge in [0, 0.05) is 0 Å². The zero-order valence-corrected chi connectivity index (χ0v) is 22.6. The zero-order chi connectivity index (χ0) is 30.2. The van der Waals surface area contributed by atoms with E-state index in [9.17, 15) is 9.59 Å². The summed E-state index contributed by atoms with van der Waals surface area (Å²) in [5.41, 5.74) is 12.4. The van der Waals surface area contributed by atoms with Crippen molar-refractivity contribution >= 4 is 11.8 Å². The van der Waals surface area contributed by atoms with Gasteiger partial charge in [-0.05, 0) is 25.9 Å². The largest absolute Gasteiger partial charge is 0.446 e. The van der Waals surface area contributed by atoms with Gasteiger partial charge in [0.15, 0.2) is 34.2 Å². The molecule has 0 saturated heterocycles. The first-order chi connectivity index (χ1) is 21.5. The average Bonchev–Trinajstić information content (AvgIpc) is 3.87. The van der Waals surface area contributed by atoms with Gasteiger partial charge in [-0.2, -0.15) is 0 Å². The summed E-state index contributed by atoms with van der Waals surface area (Å²) in [7, 11) is 0. The van der Waals surface area contributed by atoms with Crippen LogP contribution < -0.4 is 22.1 Å². The monoisotopic (exact) mass is 602 g/mol. The fraction of sp³-hybridized carbons (Fsp3) is 0.231. The first kappa shape index (κ1) is 27.0. The molecule has 0 aliphatic carbocycles. The second kappa shape index (κ2) is 11.1. The van der Waals surface area contributed by atoms with E-state index in [-0.39, 0.29) is 82.6 Å². The Morgan fingerprint density at radius 3 is 1.20 bits per heavy atom. The fourth-order valence-corrected chi connectivity index (χ4v) is 4.37. The van der Waals surface area contributed by atoms with Crippen molar-refractivity contribution in [3.05, 3.63) is 60.7 Å². The van der Waals surface area contributed by atoms with Crippen LogP contribution in [0.15, 0.2) is 64.1 Å². The van der Waals surface area contributed by atoms with Gasteiger partial charge in [-0.15, -0.1) is 0 Å². The van der Waals surface area contributed by atoms with Crippen LogP contribution in [0.2, 0.25) is 0 Å². The molecule has 18 nitrogen and oxygen atoms in total. The standard InChI is InChI=1S/C26H22N10O8/c27-3-1-11-21-33-17(7-41-21)25-35-16(9-43-25)24-32-14(6-40-24)20(38)30-12(2-4-28)22-34-18(8-42-22)26-36-15(10-44-26)23-31-13(5-39-23)19(37)29-11/h5-12H,1-4,27-28H2,(H,29,37)(H,30,38)/t11-,12-/m0/s1. The van der Waals surface area contributed by atoms with Crippen molar-refractivity contribution in [1.29, 1.82) is 0 Å². The molecule has 6 aromatic heterocycles. The number of oxazole rings is 6. The maximum atomic E-state index is 13.1. The molecule has 2 atom stereocenters. The minimum atomic E-state index is -0.711. The maximum absolute atomic E-state index is 13.1. The molecule has 7 heterocycles. The van der Waals surface area contributed by atoms with Gasteiger partial charge in [0.25, 0.3) is 11.8 Å². The van der Waals surface area contributed by atoms with E-state index in [0.717, 1.165) is 0 Å². The number of nitrogens with two attached hydrogens (primary N) is 2. The summed E-state index contributed by atoms with van der Waals surface area (Å²) in [6.07, 6.45) is 8.17. The number of carbonyl (C=O) groups is 2. The van der Waals surface area contributed by atoms with Crippen LogP contribution >= 0.6 is 0 Å². The van der Waals surface area contributed by atoms with E-state index in [1.807, 2.05) is 0 Å². The van der Waals surface area contributed by atoms with E-state index >= 15 is 0 Å². The van der Waals surface area contributed by atoms with Crippen LogP contribution in [-0.2, 0) is 0 Å². The van der Waals surface area contributed by atoms with Crippen molar-refractivity contribution in [2.75, 3.05) is 13.1 Å². The average molecular weight is 603 g/mol. The molecule has 44 heavy (non-hydrogen) atoms. The van der Waals surface area contributed by atoms with Gasteiger partial charge in [-0.3, -0.25) is 9.59 Å². The Morgan fingerprint density at radius 1 is 0.500 bits per heavy atom. The minimum Gasteiger partial charge on any atom is -0.446 e. The van der Waals surface area contributed by atoms with Gasteiger partial charge in [-0.25, -0.2) is 29.9 Å². The van der Waals surface area contributed by atoms with E-state index in [4.69, 9.17) is 38.0 Å². The third-order valence-electron chi connectivity index (χ3n) is 6.52. The zero-order valence-electron chi connectivity index (χ0n) is 22.6. The van der Waals surface area contributed by atoms with E-state index in [2.05, 4.69) is 40.5 Å². The third-order valence-corrected chi connectivity index (χ3v) is 6.52. The molecule has 12 bridgehead atoms. The predicted molar refractivity (Wildman–Crippen MR) is 143 cm³/mol. The van der Waals surface area contributed by atoms with Crippen molar-refractivity contribution in [2.45, 2.75) is 24.9 Å². The third kappa shape index (κ3) is 5.03. The first-order valence-electron chi connectivity index (χ1n) is 13.3. The lowest BCUT2D eigenvalue weighted by Gasteiger charge is -2.13. The normalized spacial score (nSPS) is 16.8. The number of rotatable bonds is 4. The molecule has 7 rings (SSSR count). The smallest absolute Gasteiger partial charge is 0.273 e. The van der Waals surface area contributed by atoms with Crippen molar-refractivity contribution in [2.24, 2.45) is 11.5 Å². The Kier molecular flexibility index (Phi) is 6.79. The molecular formula is C26H22N10O8. The van der Waals surface area contributed by atoms with Gasteiger partial charge in [0.1, 0.15) is 49.7 Å². The quantitative estimate of drug-likeness (QED) is 0.225. The molecule has 0 unspecified atom stereocenters. The molecule has 224 valence electrons. The highest BCUT2D eigenvalue weighted by molar-refractivity contribution is 5.93. The molecule has 0 saturated carbocycles. The number of carbonyl (C=O) groups excluding carboxylic acids is 2. The number of amides is 2. The molecule has 1 aliphatic rings. The molecule has 1 aliphatic heterocycles. The number of hydrogen-bond acceptors (Lipinski definition) is 16. The summed E-state index contributed by atoms with van der Waals surface area (Å²) in [4.78, 5) is 52.1. The minimum absolute atomic E-state index is 0.0251. The molecule has 0 fully saturated rings. The Labute approximate surface area is 245 Å². The van der Waals surface area contributed by atoms with Crippen LogP contribution in [0.4, 0.5) is 0 Å². The Hall–Kier alpha value is -5.88. The second-order valence-corrected chi connectivity index (χ2v) is 9.50. The van der Waals surface area contributed by atoms with E-state index < -0.39 is 23.9 Å². The number of hydrogen-bond donors (Lipinski definition) is 4. The summed E-state index contributed by atoms with van der Waals surface area (Å²) in [5, 5.41) is 5.58. The summed E-state index contributed by atoms with van der Waals surface area (Å²) in [5.74, 6) is -0.593. The highest BCUT2D eigenvalue weighted by atomic mass is 16.4. The Morgan fingerprint density at radius 2 is 0.818 bits per heavy atom. The molecule has 0 aromatic carbocycles. The van der Waals surface area contributed by atoms with Gasteiger partial charge >= 0.3 is 0 Å². The molecule has 2 amide bonds. The van der Waals surface area contributed by atoms with Crippen LogP contribution in [0.1, 0.15) is 57.7 Å². The van der Waals surface area contributed by atoms with Gasteiger partial charge in [0.05, 0.1) is 0 Å². The highest BCUT2D eigenvalue weighted by Gasteiger charge is 2.27. The Balaban J connectivity index is 1.27. The van der Waals surface area contributed by atoms with E-state index in [1.165, 1.54) is 37.6 Å². The number of fused-ring (bicyclic) bond motifs is 16. The maximum Gasteiger partial charge on any atom is 0.273 e. The number of aromatic nitrogens is 6. The van der Waals surface area contributed by atoms with Crippen molar-refractivity contribution in [1.82, 2.24) is 40.5 Å². The summed E-state index contributed by atoms with van der Waals surface area (Å²) < 4.78 is 33.3. The topological polar surface area (TPSA) is 266 Å². The fourth-order valence-electron chi connectivity index (χ4n) is 4.37. The van der Waals surface area contributed by atoms with Crippen molar-refractivity contribution < 1.29 is 36.1 Å². The van der Waals surface area contributed by atoms with Crippen LogP contribution in [0.5, 0.6) is 0 Å². The molecular weight excluding hydrogens is 580 g/mol. The van der Waals surface area contributed by atoms with Gasteiger partial charge < -0.3 is 48.6 Å². The SMILES string of the molecule is NCC[C@@H]1NC(=O)c2coc(n2)-c2coc(n2)-c2coc(n2)[C@H](CCN)NC(=O)c2coc(n2)-c2coc(n2)-c2coc1n2. The molecule has 0 radical (unpaired) electrons. The number of nitrogens with one attached hydrogen (secondary N) is 2. The molecule has 18 heteroatoms. The van der Waals surface area contributed by atoms with E-state index in [1.54, 1.807) is 0 Å². The predicted octanol–water partition coefficient (Wildman–Crippen LogP) is 2.24. The van der Waals surface area contributed by atoms with Crippen molar-refractivity contribution in [3.63, 3.8) is 0 Å². The summed E-state index contributed by atoms with van der Waals surface area (Å²) in [6.45, 7) is 0.433. The van der Waals surface area contributed by atoms with Crippen molar-refractivity contribution in [3.8, 4) is 46.3 Å². The molecule has 6 N–H and O–H groups in total. The van der Waals surface area contributed by atoms with Gasteiger partial charge in [-0.1, -0.05) is 0 Å². The molecule has 6 aromatic rings. The first-order valence-corrected chi connectivity index (χ1v) is 13.3. The summed E-state index contributed by atoms with van der Waals surface area (Å²) >= 11 is 0. The highest BCUT2D eigenvalue weighted by Crippen LogP contribution is 2.29. The number of nitrogens with zero attached hydrogens (tertiary/aromatic N) is 6. The Bertz CT molecular complexity index is 1800. The van der Waals surface area contributed by atoms with E-state index in [0.29, 0.717) is 12.8 Å². The van der Waals surface area contributed by atoms with Crippen LogP contribution in [0, 0.1) is 0 Å². The van der Waals surface area contributed by atoms with Crippen LogP contribution in [0.25, 0.3) is 46.3 Å². The lowest BCUT2D eigenvalue weighted by Crippen LogP contribution is -2.30. The van der Waals surface area contributed by atoms with Crippen LogP contribution in [-0.4, -0.2) is 54.8 Å². The summed E-state index contributed by atoms with van der Waals surface area (Å²) in [6, 6.07) is -1.42. The molecule has 0 spiro atoms. The van der Waals surface area contributed by atoms with Crippen LogP contribution in [0.3, 0.4) is 0 Å². The lowest BCUT2D eigenvalue weighted by molar-refractivity contribution is 0.0915.